The van der Waals surface area contributed by atoms with Gasteiger partial charge in [-0.3, -0.25) is 4.79 Å². The van der Waals surface area contributed by atoms with Crippen LogP contribution in [0.5, 0.6) is 0 Å². The van der Waals surface area contributed by atoms with Gasteiger partial charge in [-0.1, -0.05) is 48.0 Å². The molecule has 0 atom stereocenters. The fourth-order valence-corrected chi connectivity index (χ4v) is 4.73. The van der Waals surface area contributed by atoms with Gasteiger partial charge in [0, 0.05) is 29.4 Å². The van der Waals surface area contributed by atoms with Gasteiger partial charge >= 0.3 is 0 Å². The van der Waals surface area contributed by atoms with E-state index in [0.29, 0.717) is 17.1 Å². The first kappa shape index (κ1) is 19.6. The second-order valence-electron chi connectivity index (χ2n) is 6.82. The molecule has 4 rings (SSSR count). The lowest BCUT2D eigenvalue weighted by Crippen LogP contribution is -2.28. The molecule has 0 saturated carbocycles. The summed E-state index contributed by atoms with van der Waals surface area (Å²) < 4.78 is 27.5. The second-order valence-corrected chi connectivity index (χ2v) is 9.02. The Morgan fingerprint density at radius 2 is 1.79 bits per heavy atom. The summed E-state index contributed by atoms with van der Waals surface area (Å²) in [7, 11) is -3.65. The Kier molecular flexibility index (Phi) is 5.41. The van der Waals surface area contributed by atoms with E-state index in [1.165, 1.54) is 12.1 Å². The van der Waals surface area contributed by atoms with Crippen LogP contribution in [0.2, 0.25) is 5.02 Å². The van der Waals surface area contributed by atoms with Gasteiger partial charge in [-0.05, 0) is 53.9 Å². The van der Waals surface area contributed by atoms with Gasteiger partial charge in [-0.25, -0.2) is 13.1 Å². The molecule has 29 heavy (non-hydrogen) atoms. The number of hydrogen-bond donors (Lipinski definition) is 1. The Morgan fingerprint density at radius 1 is 1.00 bits per heavy atom. The van der Waals surface area contributed by atoms with Crippen LogP contribution in [0.4, 0.5) is 5.69 Å². The lowest BCUT2D eigenvalue weighted by Gasteiger charge is -2.17. The number of halogens is 1. The van der Waals surface area contributed by atoms with Crippen LogP contribution in [-0.2, 0) is 23.0 Å². The van der Waals surface area contributed by atoms with E-state index in [-0.39, 0.29) is 17.3 Å². The molecule has 5 nitrogen and oxygen atoms in total. The molecule has 1 aliphatic rings. The second kappa shape index (κ2) is 7.99. The van der Waals surface area contributed by atoms with Gasteiger partial charge in [0.05, 0.1) is 4.90 Å². The summed E-state index contributed by atoms with van der Waals surface area (Å²) in [6.07, 6.45) is 0.739. The first-order chi connectivity index (χ1) is 13.9. The van der Waals surface area contributed by atoms with Crippen molar-refractivity contribution in [2.45, 2.75) is 17.9 Å². The van der Waals surface area contributed by atoms with Crippen molar-refractivity contribution >= 4 is 33.2 Å². The normalized spacial score (nSPS) is 13.3. The third-order valence-corrected chi connectivity index (χ3v) is 6.51. The fraction of sp³-hybridized carbons (Fsp3) is 0.136. The van der Waals surface area contributed by atoms with Gasteiger partial charge in [0.1, 0.15) is 0 Å². The largest absolute Gasteiger partial charge is 0.308 e. The van der Waals surface area contributed by atoms with Crippen molar-refractivity contribution in [3.63, 3.8) is 0 Å². The van der Waals surface area contributed by atoms with E-state index in [4.69, 9.17) is 11.6 Å². The van der Waals surface area contributed by atoms with E-state index in [0.717, 1.165) is 23.2 Å². The number of nitrogens with zero attached hydrogens (tertiary/aromatic N) is 1. The molecule has 0 saturated heterocycles. The van der Waals surface area contributed by atoms with Gasteiger partial charge in [-0.2, -0.15) is 0 Å². The number of hydrogen-bond acceptors (Lipinski definition) is 3. The molecule has 0 aromatic heterocycles. The summed E-state index contributed by atoms with van der Waals surface area (Å²) in [5, 5.41) is 0.369. The quantitative estimate of drug-likeness (QED) is 0.670. The minimum absolute atomic E-state index is 0.0289. The lowest BCUT2D eigenvalue weighted by atomic mass is 10.1. The highest BCUT2D eigenvalue weighted by molar-refractivity contribution is 7.89. The van der Waals surface area contributed by atoms with Crippen LogP contribution in [0.25, 0.3) is 0 Å². The van der Waals surface area contributed by atoms with Crippen molar-refractivity contribution in [2.75, 3.05) is 11.4 Å². The third kappa shape index (κ3) is 4.19. The molecule has 1 aliphatic heterocycles. The molecule has 3 aromatic rings. The van der Waals surface area contributed by atoms with Crippen LogP contribution in [0.1, 0.15) is 21.5 Å². The van der Waals surface area contributed by atoms with Gasteiger partial charge in [0.2, 0.25) is 10.0 Å². The highest BCUT2D eigenvalue weighted by atomic mass is 35.5. The number of carbonyl (C=O) groups excluding carboxylic acids is 1. The number of rotatable bonds is 5. The molecule has 0 radical (unpaired) electrons. The number of benzene rings is 3. The van der Waals surface area contributed by atoms with Crippen molar-refractivity contribution in [3.05, 3.63) is 94.5 Å². The first-order valence-corrected chi connectivity index (χ1v) is 11.0. The van der Waals surface area contributed by atoms with Crippen LogP contribution in [-0.4, -0.2) is 20.9 Å². The highest BCUT2D eigenvalue weighted by Crippen LogP contribution is 2.30. The Bertz CT molecular complexity index is 1160. The number of anilines is 1. The van der Waals surface area contributed by atoms with Gasteiger partial charge in [0.25, 0.3) is 5.91 Å². The zero-order valence-electron chi connectivity index (χ0n) is 15.5. The number of carbonyl (C=O) groups is 1. The number of amides is 1. The molecule has 7 heteroatoms. The predicted molar refractivity (Wildman–Crippen MR) is 114 cm³/mol. The van der Waals surface area contributed by atoms with Gasteiger partial charge < -0.3 is 4.90 Å². The minimum atomic E-state index is -3.65. The molecule has 0 aliphatic carbocycles. The minimum Gasteiger partial charge on any atom is -0.308 e. The topological polar surface area (TPSA) is 66.5 Å². The maximum absolute atomic E-state index is 12.8. The zero-order valence-corrected chi connectivity index (χ0v) is 17.1. The number of nitrogens with one attached hydrogen (secondary N) is 1. The van der Waals surface area contributed by atoms with E-state index in [2.05, 4.69) is 4.72 Å². The summed E-state index contributed by atoms with van der Waals surface area (Å²) in [5.41, 5.74) is 3.40. The SMILES string of the molecule is O=C(c1ccccc1)N1CCc2cc(CNS(=O)(=O)c3cccc(Cl)c3)ccc21. The molecule has 0 unspecified atom stereocenters. The van der Waals surface area contributed by atoms with Crippen molar-refractivity contribution in [2.24, 2.45) is 0 Å². The summed E-state index contributed by atoms with van der Waals surface area (Å²) in [5.74, 6) is -0.0289. The Hall–Kier alpha value is -2.67. The maximum atomic E-state index is 12.8. The smallest absolute Gasteiger partial charge is 0.258 e. The van der Waals surface area contributed by atoms with E-state index in [1.54, 1.807) is 29.2 Å². The average molecular weight is 427 g/mol. The van der Waals surface area contributed by atoms with Crippen molar-refractivity contribution in [1.29, 1.82) is 0 Å². The van der Waals surface area contributed by atoms with Gasteiger partial charge in [-0.15, -0.1) is 0 Å². The molecule has 1 amide bonds. The number of fused-ring (bicyclic) bond motifs is 1. The molecule has 0 spiro atoms. The zero-order chi connectivity index (χ0) is 20.4. The molecular weight excluding hydrogens is 408 g/mol. The van der Waals surface area contributed by atoms with Crippen LogP contribution in [0.3, 0.4) is 0 Å². The molecule has 1 N–H and O–H groups in total. The van der Waals surface area contributed by atoms with E-state index in [1.807, 2.05) is 36.4 Å². The molecule has 0 fully saturated rings. The van der Waals surface area contributed by atoms with E-state index >= 15 is 0 Å². The summed E-state index contributed by atoms with van der Waals surface area (Å²) in [4.78, 5) is 14.7. The lowest BCUT2D eigenvalue weighted by molar-refractivity contribution is 0.0989. The summed E-state index contributed by atoms with van der Waals surface area (Å²) >= 11 is 5.89. The van der Waals surface area contributed by atoms with Crippen LogP contribution < -0.4 is 9.62 Å². The monoisotopic (exact) mass is 426 g/mol. The van der Waals surface area contributed by atoms with Crippen LogP contribution in [0, 0.1) is 0 Å². The highest BCUT2D eigenvalue weighted by Gasteiger charge is 2.25. The predicted octanol–water partition coefficient (Wildman–Crippen LogP) is 4.02. The maximum Gasteiger partial charge on any atom is 0.258 e. The molecule has 1 heterocycles. The van der Waals surface area contributed by atoms with Crippen LogP contribution >= 0.6 is 11.6 Å². The Balaban J connectivity index is 1.49. The summed E-state index contributed by atoms with van der Waals surface area (Å²) in [6, 6.07) is 21.0. The van der Waals surface area contributed by atoms with E-state index < -0.39 is 10.0 Å². The van der Waals surface area contributed by atoms with Gasteiger partial charge in [0.15, 0.2) is 0 Å². The summed E-state index contributed by atoms with van der Waals surface area (Å²) in [6.45, 7) is 0.773. The Morgan fingerprint density at radius 3 is 2.55 bits per heavy atom. The average Bonchev–Trinajstić information content (AvgIpc) is 3.16. The van der Waals surface area contributed by atoms with Crippen molar-refractivity contribution < 1.29 is 13.2 Å². The molecule has 148 valence electrons. The molecular formula is C22H19ClN2O3S. The standard InChI is InChI=1S/C22H19ClN2O3S/c23-19-7-4-8-20(14-19)29(27,28)24-15-16-9-10-21-18(13-16)11-12-25(21)22(26)17-5-2-1-3-6-17/h1-10,13-14,24H,11-12,15H2. The van der Waals surface area contributed by atoms with Crippen molar-refractivity contribution in [1.82, 2.24) is 4.72 Å². The molecule has 3 aromatic carbocycles. The van der Waals surface area contributed by atoms with Crippen molar-refractivity contribution in [3.8, 4) is 0 Å². The van der Waals surface area contributed by atoms with E-state index in [9.17, 15) is 13.2 Å². The van der Waals surface area contributed by atoms with Crippen LogP contribution in [0.15, 0.2) is 77.7 Å². The number of sulfonamides is 1. The fourth-order valence-electron chi connectivity index (χ4n) is 3.41. The first-order valence-electron chi connectivity index (χ1n) is 9.18. The molecule has 0 bridgehead atoms. The Labute approximate surface area is 175 Å². The third-order valence-electron chi connectivity index (χ3n) is 4.88.